The van der Waals surface area contributed by atoms with Gasteiger partial charge in [-0.1, -0.05) is 95.0 Å². The molecule has 1 aromatic rings. The van der Waals surface area contributed by atoms with Crippen LogP contribution in [-0.4, -0.2) is 13.0 Å². The van der Waals surface area contributed by atoms with Gasteiger partial charge in [-0.25, -0.2) is 0 Å². The monoisotopic (exact) mass is 352 g/mol. The summed E-state index contributed by atoms with van der Waals surface area (Å²) >= 11 is 0. The highest BCUT2D eigenvalue weighted by atomic mass is 32.2. The normalized spacial score (nSPS) is 12.5. The van der Waals surface area contributed by atoms with Crippen LogP contribution in [0.15, 0.2) is 35.2 Å². The molecule has 0 aliphatic heterocycles. The van der Waals surface area contributed by atoms with Crippen molar-refractivity contribution < 1.29 is 13.0 Å². The standard InChI is InChI=1S/C20H32O3S/c1-2-3-4-5-6-7-8-9-10-14-17-20(24(21,22)23)18-19-15-12-11-13-16-19/h11-13,15-16,18H,2-10,14,17H2,1H3,(H,21,22,23). The first kappa shape index (κ1) is 20.9. The highest BCUT2D eigenvalue weighted by Gasteiger charge is 2.13. The molecule has 3 nitrogen and oxygen atoms in total. The fourth-order valence-corrected chi connectivity index (χ4v) is 3.48. The van der Waals surface area contributed by atoms with E-state index < -0.39 is 10.1 Å². The van der Waals surface area contributed by atoms with E-state index in [1.807, 2.05) is 30.3 Å². The molecule has 24 heavy (non-hydrogen) atoms. The first-order valence-corrected chi connectivity index (χ1v) is 10.7. The van der Waals surface area contributed by atoms with Crippen LogP contribution in [0.2, 0.25) is 0 Å². The molecular formula is C20H32O3S. The van der Waals surface area contributed by atoms with Crippen LogP contribution < -0.4 is 0 Å². The van der Waals surface area contributed by atoms with Crippen molar-refractivity contribution >= 4 is 16.2 Å². The largest absolute Gasteiger partial charge is 0.290 e. The number of rotatable bonds is 13. The van der Waals surface area contributed by atoms with Crippen LogP contribution in [0.3, 0.4) is 0 Å². The topological polar surface area (TPSA) is 54.4 Å². The molecule has 0 amide bonds. The maximum atomic E-state index is 11.5. The van der Waals surface area contributed by atoms with Crippen LogP contribution in [0.1, 0.15) is 83.1 Å². The molecule has 0 aliphatic rings. The maximum absolute atomic E-state index is 11.5. The predicted molar refractivity (Wildman–Crippen MR) is 102 cm³/mol. The summed E-state index contributed by atoms with van der Waals surface area (Å²) in [6, 6.07) is 9.27. The second-order valence-electron chi connectivity index (χ2n) is 6.43. The van der Waals surface area contributed by atoms with E-state index >= 15 is 0 Å². The van der Waals surface area contributed by atoms with E-state index in [0.717, 1.165) is 24.8 Å². The summed E-state index contributed by atoms with van der Waals surface area (Å²) in [6.45, 7) is 2.23. The fourth-order valence-electron chi connectivity index (χ4n) is 2.80. The predicted octanol–water partition coefficient (Wildman–Crippen LogP) is 6.23. The SMILES string of the molecule is CCCCCCCCCCCCC(=Cc1ccccc1)S(=O)(=O)O. The molecule has 0 aliphatic carbocycles. The molecule has 1 rings (SSSR count). The van der Waals surface area contributed by atoms with Crippen LogP contribution in [0, 0.1) is 0 Å². The van der Waals surface area contributed by atoms with Gasteiger partial charge >= 0.3 is 0 Å². The summed E-state index contributed by atoms with van der Waals surface area (Å²) in [5.74, 6) is 0. The van der Waals surface area contributed by atoms with Crippen LogP contribution in [0.4, 0.5) is 0 Å². The van der Waals surface area contributed by atoms with Crippen LogP contribution >= 0.6 is 0 Å². The van der Waals surface area contributed by atoms with E-state index in [4.69, 9.17) is 0 Å². The summed E-state index contributed by atoms with van der Waals surface area (Å²) in [5, 5.41) is 0. The van der Waals surface area contributed by atoms with Crippen LogP contribution in [0.25, 0.3) is 6.08 Å². The van der Waals surface area contributed by atoms with Crippen molar-refractivity contribution in [1.82, 2.24) is 0 Å². The maximum Gasteiger partial charge on any atom is 0.290 e. The molecule has 0 heterocycles. The smallest absolute Gasteiger partial charge is 0.282 e. The van der Waals surface area contributed by atoms with E-state index in [0.29, 0.717) is 6.42 Å². The van der Waals surface area contributed by atoms with Gasteiger partial charge in [-0.05, 0) is 24.5 Å². The van der Waals surface area contributed by atoms with Crippen molar-refractivity contribution in [2.45, 2.75) is 77.6 Å². The molecular weight excluding hydrogens is 320 g/mol. The molecule has 0 atom stereocenters. The zero-order valence-electron chi connectivity index (χ0n) is 14.9. The van der Waals surface area contributed by atoms with Gasteiger partial charge in [0.15, 0.2) is 0 Å². The molecule has 1 N–H and O–H groups in total. The Morgan fingerprint density at radius 3 is 1.88 bits per heavy atom. The second kappa shape index (κ2) is 12.3. The highest BCUT2D eigenvalue weighted by molar-refractivity contribution is 7.90. The highest BCUT2D eigenvalue weighted by Crippen LogP contribution is 2.19. The molecule has 0 saturated carbocycles. The fraction of sp³-hybridized carbons (Fsp3) is 0.600. The van der Waals surface area contributed by atoms with Crippen molar-refractivity contribution in [3.05, 3.63) is 40.8 Å². The lowest BCUT2D eigenvalue weighted by Crippen LogP contribution is -2.02. The summed E-state index contributed by atoms with van der Waals surface area (Å²) in [6.07, 6.45) is 14.0. The first-order chi connectivity index (χ1) is 11.5. The van der Waals surface area contributed by atoms with Gasteiger partial charge < -0.3 is 0 Å². The third-order valence-electron chi connectivity index (χ3n) is 4.24. The number of hydrogen-bond acceptors (Lipinski definition) is 2. The summed E-state index contributed by atoms with van der Waals surface area (Å²) in [7, 11) is -4.11. The Morgan fingerprint density at radius 2 is 1.38 bits per heavy atom. The Kier molecular flexibility index (Phi) is 10.7. The van der Waals surface area contributed by atoms with Gasteiger partial charge in [0, 0.05) is 0 Å². The Morgan fingerprint density at radius 1 is 0.875 bits per heavy atom. The summed E-state index contributed by atoms with van der Waals surface area (Å²) in [5.41, 5.74) is 0.803. The minimum absolute atomic E-state index is 0.119. The average molecular weight is 353 g/mol. The lowest BCUT2D eigenvalue weighted by Gasteiger charge is -2.05. The molecule has 1 aromatic carbocycles. The second-order valence-corrected chi connectivity index (χ2v) is 7.90. The van der Waals surface area contributed by atoms with Crippen molar-refractivity contribution in [1.29, 1.82) is 0 Å². The van der Waals surface area contributed by atoms with Gasteiger partial charge in [0.2, 0.25) is 0 Å². The molecule has 0 unspecified atom stereocenters. The minimum atomic E-state index is -4.11. The van der Waals surface area contributed by atoms with Crippen molar-refractivity contribution in [3.63, 3.8) is 0 Å². The Hall–Kier alpha value is -1.13. The molecule has 0 spiro atoms. The molecule has 4 heteroatoms. The van der Waals surface area contributed by atoms with Gasteiger partial charge in [0.1, 0.15) is 0 Å². The van der Waals surface area contributed by atoms with Gasteiger partial charge in [-0.3, -0.25) is 4.55 Å². The van der Waals surface area contributed by atoms with E-state index in [9.17, 15) is 13.0 Å². The lowest BCUT2D eigenvalue weighted by atomic mass is 10.1. The average Bonchev–Trinajstić information content (AvgIpc) is 2.55. The third-order valence-corrected chi connectivity index (χ3v) is 5.22. The first-order valence-electron chi connectivity index (χ1n) is 9.27. The minimum Gasteiger partial charge on any atom is -0.282 e. The summed E-state index contributed by atoms with van der Waals surface area (Å²) < 4.78 is 32.4. The zero-order chi connectivity index (χ0) is 17.7. The van der Waals surface area contributed by atoms with Crippen molar-refractivity contribution in [2.24, 2.45) is 0 Å². The van der Waals surface area contributed by atoms with Gasteiger partial charge in [-0.2, -0.15) is 8.42 Å². The van der Waals surface area contributed by atoms with Crippen molar-refractivity contribution in [2.75, 3.05) is 0 Å². The number of hydrogen-bond donors (Lipinski definition) is 1. The quantitative estimate of drug-likeness (QED) is 0.338. The Balaban J connectivity index is 2.26. The molecule has 0 radical (unpaired) electrons. The third kappa shape index (κ3) is 9.89. The van der Waals surface area contributed by atoms with E-state index in [2.05, 4.69) is 6.92 Å². The molecule has 0 fully saturated rings. The van der Waals surface area contributed by atoms with Gasteiger partial charge in [-0.15, -0.1) is 0 Å². The molecule has 0 saturated heterocycles. The summed E-state index contributed by atoms with van der Waals surface area (Å²) in [4.78, 5) is 0.119. The molecule has 0 bridgehead atoms. The van der Waals surface area contributed by atoms with E-state index in [1.165, 1.54) is 44.9 Å². The molecule has 136 valence electrons. The van der Waals surface area contributed by atoms with E-state index in [1.54, 1.807) is 6.08 Å². The number of allylic oxidation sites excluding steroid dienone is 1. The van der Waals surface area contributed by atoms with E-state index in [-0.39, 0.29) is 4.91 Å². The Bertz CT molecular complexity index is 562. The lowest BCUT2D eigenvalue weighted by molar-refractivity contribution is 0.488. The Labute approximate surface area is 147 Å². The van der Waals surface area contributed by atoms with Crippen LogP contribution in [-0.2, 0) is 10.1 Å². The van der Waals surface area contributed by atoms with Crippen LogP contribution in [0.5, 0.6) is 0 Å². The number of unbranched alkanes of at least 4 members (excludes halogenated alkanes) is 9. The number of benzene rings is 1. The van der Waals surface area contributed by atoms with Gasteiger partial charge in [0.25, 0.3) is 10.1 Å². The molecule has 0 aromatic heterocycles. The van der Waals surface area contributed by atoms with Crippen molar-refractivity contribution in [3.8, 4) is 0 Å². The van der Waals surface area contributed by atoms with Gasteiger partial charge in [0.05, 0.1) is 4.91 Å². The zero-order valence-corrected chi connectivity index (χ0v) is 15.7.